The fourth-order valence-corrected chi connectivity index (χ4v) is 4.50. The molecule has 0 heterocycles. The van der Waals surface area contributed by atoms with Crippen LogP contribution in [-0.4, -0.2) is 12.7 Å². The summed E-state index contributed by atoms with van der Waals surface area (Å²) in [6.45, 7) is 6.90. The number of rotatable bonds is 10. The van der Waals surface area contributed by atoms with Crippen LogP contribution in [0, 0.1) is 17.8 Å². The van der Waals surface area contributed by atoms with Gasteiger partial charge >= 0.3 is 0 Å². The highest BCUT2D eigenvalue weighted by atomic mass is 16.5. The van der Waals surface area contributed by atoms with Gasteiger partial charge in [0.1, 0.15) is 0 Å². The van der Waals surface area contributed by atoms with Gasteiger partial charge in [-0.05, 0) is 82.0 Å². The molecule has 0 atom stereocenters. The Labute approximate surface area is 150 Å². The van der Waals surface area contributed by atoms with Crippen molar-refractivity contribution in [2.24, 2.45) is 17.8 Å². The SMILES string of the molecule is C=CCCO[C@H]1CC[C@H](CC[C@H]2CC[C@H](C=CCCC)CC2)CC1. The Morgan fingerprint density at radius 3 is 2.08 bits per heavy atom. The fourth-order valence-electron chi connectivity index (χ4n) is 4.50. The smallest absolute Gasteiger partial charge is 0.0575 e. The van der Waals surface area contributed by atoms with E-state index >= 15 is 0 Å². The lowest BCUT2D eigenvalue weighted by molar-refractivity contribution is 0.0189. The minimum Gasteiger partial charge on any atom is -0.378 e. The van der Waals surface area contributed by atoms with Gasteiger partial charge in [0.2, 0.25) is 0 Å². The minimum absolute atomic E-state index is 0.534. The second-order valence-corrected chi connectivity index (χ2v) is 8.17. The summed E-state index contributed by atoms with van der Waals surface area (Å²) in [6, 6.07) is 0. The zero-order valence-corrected chi connectivity index (χ0v) is 16.1. The molecule has 0 N–H and O–H groups in total. The van der Waals surface area contributed by atoms with Gasteiger partial charge in [-0.15, -0.1) is 6.58 Å². The van der Waals surface area contributed by atoms with E-state index in [4.69, 9.17) is 4.74 Å². The molecule has 0 aromatic rings. The summed E-state index contributed by atoms with van der Waals surface area (Å²) in [5.41, 5.74) is 0. The first-order valence-electron chi connectivity index (χ1n) is 10.7. The molecule has 0 amide bonds. The molecule has 2 rings (SSSR count). The normalized spacial score (nSPS) is 31.4. The van der Waals surface area contributed by atoms with E-state index in [1.807, 2.05) is 6.08 Å². The van der Waals surface area contributed by atoms with Crippen LogP contribution in [0.4, 0.5) is 0 Å². The number of hydrogen-bond acceptors (Lipinski definition) is 1. The molecule has 2 aliphatic rings. The van der Waals surface area contributed by atoms with Crippen molar-refractivity contribution < 1.29 is 4.74 Å². The molecule has 2 aliphatic carbocycles. The molecule has 0 bridgehead atoms. The molecule has 0 aliphatic heterocycles. The minimum atomic E-state index is 0.534. The van der Waals surface area contributed by atoms with Crippen molar-refractivity contribution in [1.82, 2.24) is 0 Å². The van der Waals surface area contributed by atoms with Crippen molar-refractivity contribution in [2.75, 3.05) is 6.61 Å². The molecule has 1 heteroatoms. The molecule has 24 heavy (non-hydrogen) atoms. The van der Waals surface area contributed by atoms with Crippen molar-refractivity contribution in [1.29, 1.82) is 0 Å². The quantitative estimate of drug-likeness (QED) is 0.307. The maximum atomic E-state index is 5.94. The van der Waals surface area contributed by atoms with Crippen LogP contribution in [0.15, 0.2) is 24.8 Å². The molecule has 1 nitrogen and oxygen atoms in total. The van der Waals surface area contributed by atoms with E-state index in [1.54, 1.807) is 0 Å². The van der Waals surface area contributed by atoms with E-state index in [0.717, 1.165) is 30.8 Å². The van der Waals surface area contributed by atoms with Gasteiger partial charge in [-0.1, -0.05) is 44.4 Å². The molecule has 2 saturated carbocycles. The summed E-state index contributed by atoms with van der Waals surface area (Å²) in [5.74, 6) is 2.88. The zero-order chi connectivity index (χ0) is 17.0. The topological polar surface area (TPSA) is 9.23 Å². The Balaban J connectivity index is 1.53. The largest absolute Gasteiger partial charge is 0.378 e. The lowest BCUT2D eigenvalue weighted by Crippen LogP contribution is -2.23. The van der Waals surface area contributed by atoms with Gasteiger partial charge in [-0.25, -0.2) is 0 Å². The number of unbranched alkanes of at least 4 members (excludes halogenated alkanes) is 1. The van der Waals surface area contributed by atoms with Crippen molar-refractivity contribution in [3.63, 3.8) is 0 Å². The predicted octanol–water partition coefficient (Wildman–Crippen LogP) is 7.08. The third-order valence-corrected chi connectivity index (χ3v) is 6.21. The summed E-state index contributed by atoms with van der Waals surface area (Å²) in [4.78, 5) is 0. The van der Waals surface area contributed by atoms with Gasteiger partial charge < -0.3 is 4.74 Å². The first-order chi connectivity index (χ1) is 11.8. The Hall–Kier alpha value is -0.560. The molecule has 0 aromatic heterocycles. The monoisotopic (exact) mass is 332 g/mol. The van der Waals surface area contributed by atoms with E-state index in [1.165, 1.54) is 77.0 Å². The third kappa shape index (κ3) is 7.55. The van der Waals surface area contributed by atoms with Crippen LogP contribution in [0.3, 0.4) is 0 Å². The Bertz CT molecular complexity index is 343. The molecule has 138 valence electrons. The highest BCUT2D eigenvalue weighted by molar-refractivity contribution is 4.91. The first kappa shape index (κ1) is 19.8. The summed E-state index contributed by atoms with van der Waals surface area (Å²) >= 11 is 0. The summed E-state index contributed by atoms with van der Waals surface area (Å²) in [5, 5.41) is 0. The van der Waals surface area contributed by atoms with Crippen LogP contribution >= 0.6 is 0 Å². The molecule has 0 spiro atoms. The second-order valence-electron chi connectivity index (χ2n) is 8.17. The first-order valence-corrected chi connectivity index (χ1v) is 10.7. The van der Waals surface area contributed by atoms with Crippen LogP contribution in [0.1, 0.15) is 90.4 Å². The lowest BCUT2D eigenvalue weighted by Gasteiger charge is -2.31. The molecule has 0 unspecified atom stereocenters. The van der Waals surface area contributed by atoms with E-state index < -0.39 is 0 Å². The van der Waals surface area contributed by atoms with Gasteiger partial charge in [-0.2, -0.15) is 0 Å². The average Bonchev–Trinajstić information content (AvgIpc) is 2.63. The number of ether oxygens (including phenoxy) is 1. The maximum absolute atomic E-state index is 5.94. The lowest BCUT2D eigenvalue weighted by atomic mass is 9.77. The second kappa shape index (κ2) is 11.9. The van der Waals surface area contributed by atoms with Crippen molar-refractivity contribution in [3.05, 3.63) is 24.8 Å². The highest BCUT2D eigenvalue weighted by Gasteiger charge is 2.24. The standard InChI is InChI=1S/C23H40O/c1-3-5-7-8-20-9-11-21(12-10-20)13-14-22-15-17-23(18-16-22)24-19-6-4-2/h4,7-8,20-23H,2-3,5-6,9-19H2,1H3/t20-,21-,22-,23-. The number of hydrogen-bond donors (Lipinski definition) is 0. The summed E-state index contributed by atoms with van der Waals surface area (Å²) in [7, 11) is 0. The summed E-state index contributed by atoms with van der Waals surface area (Å²) in [6.07, 6.45) is 25.1. The van der Waals surface area contributed by atoms with E-state index in [9.17, 15) is 0 Å². The Kier molecular flexibility index (Phi) is 9.80. The van der Waals surface area contributed by atoms with Crippen LogP contribution in [0.2, 0.25) is 0 Å². The third-order valence-electron chi connectivity index (χ3n) is 6.21. The average molecular weight is 333 g/mol. The molecular formula is C23H40O. The van der Waals surface area contributed by atoms with Crippen molar-refractivity contribution in [3.8, 4) is 0 Å². The fraction of sp³-hybridized carbons (Fsp3) is 0.826. The van der Waals surface area contributed by atoms with Crippen molar-refractivity contribution in [2.45, 2.75) is 96.5 Å². The Morgan fingerprint density at radius 1 is 0.875 bits per heavy atom. The maximum Gasteiger partial charge on any atom is 0.0575 e. The summed E-state index contributed by atoms with van der Waals surface area (Å²) < 4.78 is 5.94. The van der Waals surface area contributed by atoms with Gasteiger partial charge in [-0.3, -0.25) is 0 Å². The van der Waals surface area contributed by atoms with E-state index in [-0.39, 0.29) is 0 Å². The molecule has 0 aromatic carbocycles. The predicted molar refractivity (Wildman–Crippen MR) is 105 cm³/mol. The van der Waals surface area contributed by atoms with Gasteiger partial charge in [0.25, 0.3) is 0 Å². The highest BCUT2D eigenvalue weighted by Crippen LogP contribution is 2.36. The molecule has 0 saturated heterocycles. The van der Waals surface area contributed by atoms with Crippen molar-refractivity contribution >= 4 is 0 Å². The van der Waals surface area contributed by atoms with Crippen LogP contribution in [0.5, 0.6) is 0 Å². The molecular weight excluding hydrogens is 292 g/mol. The van der Waals surface area contributed by atoms with Gasteiger partial charge in [0.15, 0.2) is 0 Å². The van der Waals surface area contributed by atoms with Gasteiger partial charge in [0.05, 0.1) is 12.7 Å². The molecule has 2 fully saturated rings. The van der Waals surface area contributed by atoms with E-state index in [0.29, 0.717) is 6.10 Å². The number of allylic oxidation sites excluding steroid dienone is 2. The van der Waals surface area contributed by atoms with Gasteiger partial charge in [0, 0.05) is 0 Å². The molecule has 0 radical (unpaired) electrons. The van der Waals surface area contributed by atoms with Crippen LogP contribution in [0.25, 0.3) is 0 Å². The zero-order valence-electron chi connectivity index (χ0n) is 16.1. The van der Waals surface area contributed by atoms with Crippen LogP contribution in [-0.2, 0) is 4.74 Å². The van der Waals surface area contributed by atoms with Crippen LogP contribution < -0.4 is 0 Å². The van der Waals surface area contributed by atoms with E-state index in [2.05, 4.69) is 25.7 Å². The Morgan fingerprint density at radius 2 is 1.50 bits per heavy atom.